The zero-order valence-electron chi connectivity index (χ0n) is 10.6. The summed E-state index contributed by atoms with van der Waals surface area (Å²) in [5.41, 5.74) is 2.46. The van der Waals surface area contributed by atoms with Crippen LogP contribution in [-0.4, -0.2) is 29.9 Å². The molecule has 0 bridgehead atoms. The molecule has 0 aliphatic rings. The lowest BCUT2D eigenvalue weighted by atomic mass is 10.1. The van der Waals surface area contributed by atoms with Crippen LogP contribution in [0, 0.1) is 0 Å². The molecule has 0 saturated carbocycles. The van der Waals surface area contributed by atoms with Crippen molar-refractivity contribution in [1.29, 1.82) is 0 Å². The Hall–Kier alpha value is -0.710. The van der Waals surface area contributed by atoms with Gasteiger partial charge in [-0.25, -0.2) is 0 Å². The Bertz CT molecular complexity index is 338. The number of hydrogen-bond acceptors (Lipinski definition) is 3. The van der Waals surface area contributed by atoms with Crippen LogP contribution in [0.2, 0.25) is 0 Å². The highest BCUT2D eigenvalue weighted by Crippen LogP contribution is 2.05. The number of rotatable bonds is 8. The third-order valence-electron chi connectivity index (χ3n) is 2.45. The van der Waals surface area contributed by atoms with E-state index < -0.39 is 10.8 Å². The van der Waals surface area contributed by atoms with Crippen molar-refractivity contribution in [3.05, 3.63) is 35.4 Å². The molecule has 0 aliphatic heterocycles. The maximum absolute atomic E-state index is 10.8. The minimum Gasteiger partial charge on any atom is -0.380 e. The van der Waals surface area contributed by atoms with Crippen LogP contribution in [0.5, 0.6) is 0 Å². The maximum atomic E-state index is 10.8. The lowest BCUT2D eigenvalue weighted by Crippen LogP contribution is -2.16. The van der Waals surface area contributed by atoms with Gasteiger partial charge in [-0.15, -0.1) is 0 Å². The summed E-state index contributed by atoms with van der Waals surface area (Å²) in [5, 5.41) is 3.34. The molecular weight excluding hydrogens is 234 g/mol. The van der Waals surface area contributed by atoms with Gasteiger partial charge >= 0.3 is 0 Å². The van der Waals surface area contributed by atoms with Gasteiger partial charge in [0, 0.05) is 36.5 Å². The Morgan fingerprint density at radius 1 is 1.24 bits per heavy atom. The molecule has 1 N–H and O–H groups in total. The van der Waals surface area contributed by atoms with Crippen LogP contribution >= 0.6 is 0 Å². The zero-order valence-corrected chi connectivity index (χ0v) is 11.4. The molecule has 4 heteroatoms. The first-order chi connectivity index (χ1) is 8.22. The summed E-state index contributed by atoms with van der Waals surface area (Å²) in [6, 6.07) is 8.39. The van der Waals surface area contributed by atoms with E-state index in [0.29, 0.717) is 6.61 Å². The summed E-state index contributed by atoms with van der Waals surface area (Å²) < 4.78 is 15.9. The van der Waals surface area contributed by atoms with Gasteiger partial charge in [0.05, 0.1) is 6.61 Å². The highest BCUT2D eigenvalue weighted by Gasteiger charge is 1.95. The van der Waals surface area contributed by atoms with Gasteiger partial charge in [-0.3, -0.25) is 4.21 Å². The van der Waals surface area contributed by atoms with Crippen LogP contribution in [0.4, 0.5) is 0 Å². The number of ether oxygens (including phenoxy) is 1. The summed E-state index contributed by atoms with van der Waals surface area (Å²) in [7, 11) is 1.03. The van der Waals surface area contributed by atoms with Crippen molar-refractivity contribution in [1.82, 2.24) is 5.32 Å². The van der Waals surface area contributed by atoms with Crippen molar-refractivity contribution in [2.75, 3.05) is 25.7 Å². The number of benzene rings is 1. The Morgan fingerprint density at radius 3 is 2.47 bits per heavy atom. The fourth-order valence-electron chi connectivity index (χ4n) is 1.55. The molecule has 1 aromatic rings. The first-order valence-electron chi connectivity index (χ1n) is 5.80. The number of methoxy groups -OCH3 is 1. The Balaban J connectivity index is 2.20. The van der Waals surface area contributed by atoms with Crippen molar-refractivity contribution < 1.29 is 8.95 Å². The minimum atomic E-state index is -0.673. The van der Waals surface area contributed by atoms with E-state index in [9.17, 15) is 4.21 Å². The Labute approximate surface area is 106 Å². The van der Waals surface area contributed by atoms with Gasteiger partial charge in [0.1, 0.15) is 0 Å². The summed E-state index contributed by atoms with van der Waals surface area (Å²) in [6.07, 6.45) is 2.71. The Morgan fingerprint density at radius 2 is 1.88 bits per heavy atom. The normalized spacial score (nSPS) is 12.6. The van der Waals surface area contributed by atoms with Crippen molar-refractivity contribution >= 4 is 10.8 Å². The molecule has 0 radical (unpaired) electrons. The highest BCUT2D eigenvalue weighted by molar-refractivity contribution is 7.84. The Kier molecular flexibility index (Phi) is 7.08. The van der Waals surface area contributed by atoms with Crippen molar-refractivity contribution in [3.63, 3.8) is 0 Å². The molecule has 0 fully saturated rings. The third kappa shape index (κ3) is 6.56. The fourth-order valence-corrected chi connectivity index (χ4v) is 2.10. The quantitative estimate of drug-likeness (QED) is 0.718. The van der Waals surface area contributed by atoms with Crippen molar-refractivity contribution in [3.8, 4) is 0 Å². The highest BCUT2D eigenvalue weighted by atomic mass is 32.2. The second-order valence-corrected chi connectivity index (χ2v) is 5.61. The average molecular weight is 255 g/mol. The second kappa shape index (κ2) is 8.39. The van der Waals surface area contributed by atoms with Gasteiger partial charge in [-0.05, 0) is 24.1 Å². The van der Waals surface area contributed by atoms with Gasteiger partial charge < -0.3 is 10.1 Å². The minimum absolute atomic E-state index is 0.663. The van der Waals surface area contributed by atoms with E-state index in [-0.39, 0.29) is 0 Å². The molecular formula is C13H21NO2S. The predicted octanol–water partition coefficient (Wildman–Crippen LogP) is 1.69. The van der Waals surface area contributed by atoms with E-state index in [1.807, 2.05) is 0 Å². The SMILES string of the molecule is COCc1ccc(CNCCCS(C)=O)cc1. The summed E-state index contributed by atoms with van der Waals surface area (Å²) in [4.78, 5) is 0. The predicted molar refractivity (Wildman–Crippen MR) is 72.4 cm³/mol. The smallest absolute Gasteiger partial charge is 0.0713 e. The summed E-state index contributed by atoms with van der Waals surface area (Å²) >= 11 is 0. The van der Waals surface area contributed by atoms with Crippen LogP contribution in [0.3, 0.4) is 0 Å². The van der Waals surface area contributed by atoms with Gasteiger partial charge in [-0.2, -0.15) is 0 Å². The number of hydrogen-bond donors (Lipinski definition) is 1. The molecule has 0 aromatic heterocycles. The van der Waals surface area contributed by atoms with E-state index >= 15 is 0 Å². The molecule has 1 atom stereocenters. The summed E-state index contributed by atoms with van der Waals surface area (Å²) in [6.45, 7) is 2.44. The summed E-state index contributed by atoms with van der Waals surface area (Å²) in [5.74, 6) is 0.778. The van der Waals surface area contributed by atoms with E-state index in [0.717, 1.165) is 25.3 Å². The standard InChI is InChI=1S/C13H21NO2S/c1-16-11-13-6-4-12(5-7-13)10-14-8-3-9-17(2)15/h4-7,14H,3,8-11H2,1-2H3. The first-order valence-corrected chi connectivity index (χ1v) is 7.52. The fraction of sp³-hybridized carbons (Fsp3) is 0.538. The molecule has 0 heterocycles. The molecule has 1 rings (SSSR count). The van der Waals surface area contributed by atoms with E-state index in [4.69, 9.17) is 4.74 Å². The molecule has 0 spiro atoms. The topological polar surface area (TPSA) is 38.3 Å². The first kappa shape index (κ1) is 14.4. The van der Waals surface area contributed by atoms with E-state index in [1.165, 1.54) is 11.1 Å². The van der Waals surface area contributed by atoms with Gasteiger partial charge in [-0.1, -0.05) is 24.3 Å². The second-order valence-electron chi connectivity index (χ2n) is 4.06. The maximum Gasteiger partial charge on any atom is 0.0713 e. The molecule has 3 nitrogen and oxygen atoms in total. The van der Waals surface area contributed by atoms with Crippen LogP contribution in [0.1, 0.15) is 17.5 Å². The van der Waals surface area contributed by atoms with E-state index in [2.05, 4.69) is 29.6 Å². The van der Waals surface area contributed by atoms with Crippen LogP contribution in [0.25, 0.3) is 0 Å². The average Bonchev–Trinajstić information content (AvgIpc) is 2.31. The van der Waals surface area contributed by atoms with E-state index in [1.54, 1.807) is 13.4 Å². The molecule has 96 valence electrons. The van der Waals surface area contributed by atoms with Crippen LogP contribution < -0.4 is 5.32 Å². The van der Waals surface area contributed by atoms with Crippen LogP contribution in [0.15, 0.2) is 24.3 Å². The molecule has 0 saturated heterocycles. The molecule has 17 heavy (non-hydrogen) atoms. The molecule has 0 aliphatic carbocycles. The largest absolute Gasteiger partial charge is 0.380 e. The lowest BCUT2D eigenvalue weighted by Gasteiger charge is -2.05. The van der Waals surface area contributed by atoms with Crippen molar-refractivity contribution in [2.45, 2.75) is 19.6 Å². The van der Waals surface area contributed by atoms with Crippen molar-refractivity contribution in [2.24, 2.45) is 0 Å². The number of nitrogens with one attached hydrogen (secondary N) is 1. The third-order valence-corrected chi connectivity index (χ3v) is 3.31. The van der Waals surface area contributed by atoms with Gasteiger partial charge in [0.15, 0.2) is 0 Å². The van der Waals surface area contributed by atoms with Gasteiger partial charge in [0.2, 0.25) is 0 Å². The molecule has 0 amide bonds. The monoisotopic (exact) mass is 255 g/mol. The zero-order chi connectivity index (χ0) is 12.5. The van der Waals surface area contributed by atoms with Gasteiger partial charge in [0.25, 0.3) is 0 Å². The lowest BCUT2D eigenvalue weighted by molar-refractivity contribution is 0.185. The molecule has 1 aromatic carbocycles. The van der Waals surface area contributed by atoms with Crippen LogP contribution in [-0.2, 0) is 28.7 Å². The molecule has 1 unspecified atom stereocenters.